The minimum absolute atomic E-state index is 0.420. The molecule has 0 heterocycles. The standard InChI is InChI=1S/C12H15/c1-9(2)11-4-3-5-12(8-11)10-6-7-10/h3-5,8-10H,1,6-7H2,2H3. The highest BCUT2D eigenvalue weighted by Crippen LogP contribution is 2.40. The Morgan fingerprint density at radius 3 is 2.75 bits per heavy atom. The highest BCUT2D eigenvalue weighted by Gasteiger charge is 2.23. The van der Waals surface area contributed by atoms with E-state index in [0.717, 1.165) is 5.92 Å². The van der Waals surface area contributed by atoms with E-state index in [2.05, 4.69) is 38.1 Å². The van der Waals surface area contributed by atoms with E-state index in [1.165, 1.54) is 24.0 Å². The average molecular weight is 159 g/mol. The Bertz CT molecular complexity index is 252. The summed E-state index contributed by atoms with van der Waals surface area (Å²) in [5.41, 5.74) is 2.89. The van der Waals surface area contributed by atoms with Crippen molar-refractivity contribution in [2.24, 2.45) is 0 Å². The number of rotatable bonds is 2. The van der Waals surface area contributed by atoms with E-state index in [4.69, 9.17) is 0 Å². The molecule has 1 saturated carbocycles. The Kier molecular flexibility index (Phi) is 1.92. The molecule has 2 rings (SSSR count). The molecule has 1 fully saturated rings. The second-order valence-electron chi connectivity index (χ2n) is 3.85. The van der Waals surface area contributed by atoms with E-state index in [0.29, 0.717) is 5.92 Å². The molecule has 1 radical (unpaired) electrons. The van der Waals surface area contributed by atoms with Gasteiger partial charge in [0.1, 0.15) is 0 Å². The molecule has 0 saturated heterocycles. The van der Waals surface area contributed by atoms with Crippen molar-refractivity contribution in [3.63, 3.8) is 0 Å². The topological polar surface area (TPSA) is 0 Å². The molecule has 63 valence electrons. The fourth-order valence-electron chi connectivity index (χ4n) is 1.54. The van der Waals surface area contributed by atoms with Crippen molar-refractivity contribution >= 4 is 0 Å². The van der Waals surface area contributed by atoms with Crippen LogP contribution in [0.3, 0.4) is 0 Å². The van der Waals surface area contributed by atoms with Crippen molar-refractivity contribution in [3.8, 4) is 0 Å². The van der Waals surface area contributed by atoms with Gasteiger partial charge < -0.3 is 0 Å². The lowest BCUT2D eigenvalue weighted by atomic mass is 9.99. The van der Waals surface area contributed by atoms with E-state index in [1.807, 2.05) is 0 Å². The minimum atomic E-state index is 0.420. The largest absolute Gasteiger partial charge is 0.0617 e. The summed E-state index contributed by atoms with van der Waals surface area (Å²) in [6.07, 6.45) is 2.77. The Morgan fingerprint density at radius 2 is 2.17 bits per heavy atom. The van der Waals surface area contributed by atoms with Gasteiger partial charge >= 0.3 is 0 Å². The van der Waals surface area contributed by atoms with Gasteiger partial charge in [0, 0.05) is 0 Å². The normalized spacial score (nSPS) is 16.9. The molecule has 0 bridgehead atoms. The molecule has 0 aromatic heterocycles. The number of benzene rings is 1. The molecule has 1 aromatic carbocycles. The zero-order valence-electron chi connectivity index (χ0n) is 7.59. The van der Waals surface area contributed by atoms with Gasteiger partial charge in [-0.25, -0.2) is 0 Å². The number of hydrogen-bond acceptors (Lipinski definition) is 0. The monoisotopic (exact) mass is 159 g/mol. The van der Waals surface area contributed by atoms with E-state index >= 15 is 0 Å². The fourth-order valence-corrected chi connectivity index (χ4v) is 1.54. The zero-order valence-corrected chi connectivity index (χ0v) is 7.59. The highest BCUT2D eigenvalue weighted by atomic mass is 14.3. The molecule has 1 aliphatic carbocycles. The lowest BCUT2D eigenvalue weighted by molar-refractivity contribution is 0.954. The first-order valence-corrected chi connectivity index (χ1v) is 4.70. The van der Waals surface area contributed by atoms with Gasteiger partial charge in [-0.2, -0.15) is 0 Å². The van der Waals surface area contributed by atoms with Crippen LogP contribution in [-0.2, 0) is 0 Å². The third kappa shape index (κ3) is 1.52. The Labute approximate surface area is 74.6 Å². The lowest BCUT2D eigenvalue weighted by Crippen LogP contribution is -1.88. The molecule has 1 aliphatic rings. The Hall–Kier alpha value is -0.780. The van der Waals surface area contributed by atoms with Crippen molar-refractivity contribution in [1.82, 2.24) is 0 Å². The van der Waals surface area contributed by atoms with Crippen molar-refractivity contribution in [2.45, 2.75) is 31.6 Å². The minimum Gasteiger partial charge on any atom is -0.0617 e. The molecule has 1 aromatic rings. The first-order valence-electron chi connectivity index (χ1n) is 4.70. The molecule has 0 heteroatoms. The Morgan fingerprint density at radius 1 is 1.42 bits per heavy atom. The maximum absolute atomic E-state index is 4.03. The molecule has 1 unspecified atom stereocenters. The summed E-state index contributed by atoms with van der Waals surface area (Å²) < 4.78 is 0. The SMILES string of the molecule is [CH2]C(C)c1cccc(C2CC2)c1. The second-order valence-corrected chi connectivity index (χ2v) is 3.85. The van der Waals surface area contributed by atoms with E-state index in [9.17, 15) is 0 Å². The summed E-state index contributed by atoms with van der Waals surface area (Å²) in [5.74, 6) is 1.28. The van der Waals surface area contributed by atoms with Crippen LogP contribution in [0.1, 0.15) is 42.7 Å². The molecule has 0 aliphatic heterocycles. The summed E-state index contributed by atoms with van der Waals surface area (Å²) in [6.45, 7) is 6.17. The van der Waals surface area contributed by atoms with Crippen molar-refractivity contribution < 1.29 is 0 Å². The van der Waals surface area contributed by atoms with E-state index in [1.54, 1.807) is 0 Å². The van der Waals surface area contributed by atoms with Crippen LogP contribution >= 0.6 is 0 Å². The Balaban J connectivity index is 2.26. The van der Waals surface area contributed by atoms with Crippen LogP contribution < -0.4 is 0 Å². The summed E-state index contributed by atoms with van der Waals surface area (Å²) >= 11 is 0. The molecule has 0 amide bonds. The number of hydrogen-bond donors (Lipinski definition) is 0. The average Bonchev–Trinajstić information content (AvgIpc) is 2.87. The molecule has 0 nitrogen and oxygen atoms in total. The van der Waals surface area contributed by atoms with Crippen molar-refractivity contribution in [2.75, 3.05) is 0 Å². The molecule has 1 atom stereocenters. The quantitative estimate of drug-likeness (QED) is 0.619. The van der Waals surface area contributed by atoms with Gasteiger partial charge in [-0.05, 0) is 42.7 Å². The highest BCUT2D eigenvalue weighted by molar-refractivity contribution is 5.31. The van der Waals surface area contributed by atoms with Crippen LogP contribution in [0.2, 0.25) is 0 Å². The van der Waals surface area contributed by atoms with Gasteiger partial charge in [0.05, 0.1) is 0 Å². The lowest BCUT2D eigenvalue weighted by Gasteiger charge is -2.06. The molecule has 12 heavy (non-hydrogen) atoms. The van der Waals surface area contributed by atoms with Gasteiger partial charge in [0.2, 0.25) is 0 Å². The smallest absolute Gasteiger partial charge is 0.0161 e. The summed E-state index contributed by atoms with van der Waals surface area (Å²) in [6, 6.07) is 8.88. The van der Waals surface area contributed by atoms with Gasteiger partial charge in [0.15, 0.2) is 0 Å². The van der Waals surface area contributed by atoms with Crippen LogP contribution in [0.5, 0.6) is 0 Å². The van der Waals surface area contributed by atoms with Crippen LogP contribution in [0.4, 0.5) is 0 Å². The van der Waals surface area contributed by atoms with Gasteiger partial charge in [0.25, 0.3) is 0 Å². The van der Waals surface area contributed by atoms with Crippen molar-refractivity contribution in [3.05, 3.63) is 42.3 Å². The molecular formula is C12H15. The van der Waals surface area contributed by atoms with Gasteiger partial charge in [-0.15, -0.1) is 0 Å². The fraction of sp³-hybridized carbons (Fsp3) is 0.417. The van der Waals surface area contributed by atoms with Gasteiger partial charge in [-0.3, -0.25) is 0 Å². The van der Waals surface area contributed by atoms with Crippen LogP contribution in [0.15, 0.2) is 24.3 Å². The summed E-state index contributed by atoms with van der Waals surface area (Å²) in [4.78, 5) is 0. The zero-order chi connectivity index (χ0) is 8.55. The summed E-state index contributed by atoms with van der Waals surface area (Å²) in [5, 5.41) is 0. The first-order chi connectivity index (χ1) is 5.77. The van der Waals surface area contributed by atoms with E-state index in [-0.39, 0.29) is 0 Å². The van der Waals surface area contributed by atoms with Gasteiger partial charge in [-0.1, -0.05) is 31.2 Å². The maximum atomic E-state index is 4.03. The molecular weight excluding hydrogens is 144 g/mol. The predicted molar refractivity (Wildman–Crippen MR) is 52.2 cm³/mol. The van der Waals surface area contributed by atoms with Crippen LogP contribution in [0.25, 0.3) is 0 Å². The molecule has 0 spiro atoms. The third-order valence-electron chi connectivity index (χ3n) is 2.53. The summed E-state index contributed by atoms with van der Waals surface area (Å²) in [7, 11) is 0. The van der Waals surface area contributed by atoms with Crippen LogP contribution in [0, 0.1) is 6.92 Å². The first kappa shape index (κ1) is 7.85. The van der Waals surface area contributed by atoms with Crippen molar-refractivity contribution in [1.29, 1.82) is 0 Å². The predicted octanol–water partition coefficient (Wildman–Crippen LogP) is 3.50. The third-order valence-corrected chi connectivity index (χ3v) is 2.53. The molecule has 0 N–H and O–H groups in total. The maximum Gasteiger partial charge on any atom is -0.0161 e. The van der Waals surface area contributed by atoms with E-state index < -0.39 is 0 Å². The van der Waals surface area contributed by atoms with Crippen LogP contribution in [-0.4, -0.2) is 0 Å². The second kappa shape index (κ2) is 2.93.